The molecule has 3 rings (SSSR count). The van der Waals surface area contributed by atoms with E-state index < -0.39 is 0 Å². The molecule has 0 saturated heterocycles. The molecule has 0 aliphatic heterocycles. The van der Waals surface area contributed by atoms with Crippen LogP contribution in [0.2, 0.25) is 5.02 Å². The molecule has 2 atom stereocenters. The number of hydrogen-bond donors (Lipinski definition) is 2. The molecule has 2 amide bonds. The Morgan fingerprint density at radius 3 is 2.54 bits per heavy atom. The van der Waals surface area contributed by atoms with Crippen LogP contribution in [-0.2, 0) is 9.59 Å². The topological polar surface area (TPSA) is 71.1 Å². The second-order valence-electron chi connectivity index (χ2n) is 5.83. The van der Waals surface area contributed by atoms with Crippen LogP contribution in [0.25, 0.3) is 0 Å². The Bertz CT molecular complexity index is 719. The summed E-state index contributed by atoms with van der Waals surface area (Å²) >= 11 is 5.87. The van der Waals surface area contributed by atoms with Gasteiger partial charge in [0.25, 0.3) is 0 Å². The monoisotopic (exact) mass is 343 g/mol. The Morgan fingerprint density at radius 1 is 1.12 bits per heavy atom. The van der Waals surface area contributed by atoms with Gasteiger partial charge in [0.05, 0.1) is 0 Å². The Labute approximate surface area is 145 Å². The number of pyridine rings is 1. The van der Waals surface area contributed by atoms with Crippen molar-refractivity contribution in [3.63, 3.8) is 0 Å². The zero-order valence-corrected chi connectivity index (χ0v) is 13.8. The average Bonchev–Trinajstić information content (AvgIpc) is 3.37. The molecule has 0 unspecified atom stereocenters. The highest BCUT2D eigenvalue weighted by atomic mass is 35.5. The summed E-state index contributed by atoms with van der Waals surface area (Å²) in [5, 5.41) is 6.29. The van der Waals surface area contributed by atoms with Gasteiger partial charge in [0.2, 0.25) is 11.8 Å². The first-order valence-electron chi connectivity index (χ1n) is 7.86. The molecule has 0 spiro atoms. The van der Waals surface area contributed by atoms with Gasteiger partial charge in [0.1, 0.15) is 0 Å². The third-order valence-electron chi connectivity index (χ3n) is 4.04. The lowest BCUT2D eigenvalue weighted by Crippen LogP contribution is -2.29. The van der Waals surface area contributed by atoms with Crippen LogP contribution in [0.5, 0.6) is 0 Å². The molecule has 2 N–H and O–H groups in total. The lowest BCUT2D eigenvalue weighted by atomic mass is 10.1. The highest BCUT2D eigenvalue weighted by molar-refractivity contribution is 6.30. The number of nitrogens with zero attached hydrogens (tertiary/aromatic N) is 1. The van der Waals surface area contributed by atoms with Crippen LogP contribution in [0.15, 0.2) is 48.8 Å². The van der Waals surface area contributed by atoms with Crippen LogP contribution in [0, 0.1) is 5.92 Å². The first-order valence-corrected chi connectivity index (χ1v) is 8.24. The molecule has 24 heavy (non-hydrogen) atoms. The quantitative estimate of drug-likeness (QED) is 0.847. The number of anilines is 1. The van der Waals surface area contributed by atoms with Crippen LogP contribution in [0.4, 0.5) is 5.69 Å². The van der Waals surface area contributed by atoms with Crippen molar-refractivity contribution >= 4 is 29.1 Å². The van der Waals surface area contributed by atoms with E-state index in [0.29, 0.717) is 17.3 Å². The highest BCUT2D eigenvalue weighted by Crippen LogP contribution is 2.47. The van der Waals surface area contributed by atoms with Crippen LogP contribution in [0.1, 0.15) is 24.3 Å². The summed E-state index contributed by atoms with van der Waals surface area (Å²) in [4.78, 5) is 27.8. The van der Waals surface area contributed by atoms with Gasteiger partial charge in [0.15, 0.2) is 0 Å². The second kappa shape index (κ2) is 7.45. The van der Waals surface area contributed by atoms with E-state index in [1.807, 2.05) is 24.3 Å². The zero-order valence-electron chi connectivity index (χ0n) is 13.0. The van der Waals surface area contributed by atoms with Gasteiger partial charge in [-0.25, -0.2) is 0 Å². The number of carbonyl (C=O) groups excluding carboxylic acids is 2. The molecule has 1 aliphatic carbocycles. The summed E-state index contributed by atoms with van der Waals surface area (Å²) in [5.74, 6) is 0.126. The summed E-state index contributed by atoms with van der Waals surface area (Å²) in [6.45, 7) is 0.333. The maximum absolute atomic E-state index is 12.1. The number of carbonyl (C=O) groups is 2. The highest BCUT2D eigenvalue weighted by Gasteiger charge is 2.43. The van der Waals surface area contributed by atoms with Crippen molar-refractivity contribution in [2.24, 2.45) is 5.92 Å². The van der Waals surface area contributed by atoms with Crippen molar-refractivity contribution in [2.45, 2.75) is 18.8 Å². The predicted molar refractivity (Wildman–Crippen MR) is 92.8 cm³/mol. The van der Waals surface area contributed by atoms with Crippen molar-refractivity contribution in [1.82, 2.24) is 10.3 Å². The standard InChI is InChI=1S/C18H18ClN3O2/c19-13-3-1-12(2-4-13)15-11-16(15)18(24)21-10-7-17(23)22-14-5-8-20-9-6-14/h1-6,8-9,15-16H,7,10-11H2,(H,21,24)(H,20,22,23)/t15-,16+/m1/s1. The molecule has 1 aromatic carbocycles. The fourth-order valence-corrected chi connectivity index (χ4v) is 2.78. The Kier molecular flexibility index (Phi) is 5.11. The van der Waals surface area contributed by atoms with Gasteiger partial charge in [-0.3, -0.25) is 14.6 Å². The molecule has 2 aromatic rings. The molecule has 1 aromatic heterocycles. The van der Waals surface area contributed by atoms with Gasteiger partial charge in [-0.05, 0) is 42.2 Å². The van der Waals surface area contributed by atoms with Crippen molar-refractivity contribution in [2.75, 3.05) is 11.9 Å². The normalized spacial score (nSPS) is 18.7. The summed E-state index contributed by atoms with van der Waals surface area (Å²) in [6, 6.07) is 11.0. The van der Waals surface area contributed by atoms with Crippen LogP contribution < -0.4 is 10.6 Å². The maximum atomic E-state index is 12.1. The summed E-state index contributed by atoms with van der Waals surface area (Å²) in [7, 11) is 0. The van der Waals surface area contributed by atoms with Crippen LogP contribution in [0.3, 0.4) is 0 Å². The van der Waals surface area contributed by atoms with Gasteiger partial charge in [-0.2, -0.15) is 0 Å². The van der Waals surface area contributed by atoms with E-state index in [9.17, 15) is 9.59 Å². The Hall–Kier alpha value is -2.40. The summed E-state index contributed by atoms with van der Waals surface area (Å²) in [5.41, 5.74) is 1.83. The minimum Gasteiger partial charge on any atom is -0.355 e. The molecule has 1 saturated carbocycles. The SMILES string of the molecule is O=C(CCNC(=O)[C@H]1C[C@@H]1c1ccc(Cl)cc1)Nc1ccncc1. The minimum atomic E-state index is -0.133. The van der Waals surface area contributed by atoms with E-state index in [0.717, 1.165) is 12.0 Å². The average molecular weight is 344 g/mol. The minimum absolute atomic E-state index is 0.00515. The van der Waals surface area contributed by atoms with E-state index in [-0.39, 0.29) is 30.1 Å². The number of aromatic nitrogens is 1. The van der Waals surface area contributed by atoms with Crippen LogP contribution >= 0.6 is 11.6 Å². The number of benzene rings is 1. The van der Waals surface area contributed by atoms with Crippen molar-refractivity contribution in [3.05, 3.63) is 59.4 Å². The molecule has 1 fully saturated rings. The third kappa shape index (κ3) is 4.32. The van der Waals surface area contributed by atoms with Gasteiger partial charge >= 0.3 is 0 Å². The molecule has 6 heteroatoms. The fraction of sp³-hybridized carbons (Fsp3) is 0.278. The molecule has 0 radical (unpaired) electrons. The van der Waals surface area contributed by atoms with Crippen molar-refractivity contribution in [1.29, 1.82) is 0 Å². The van der Waals surface area contributed by atoms with Gasteiger partial charge in [0, 0.05) is 42.0 Å². The predicted octanol–water partition coefficient (Wildman–Crippen LogP) is 2.98. The Morgan fingerprint density at radius 2 is 1.83 bits per heavy atom. The summed E-state index contributed by atoms with van der Waals surface area (Å²) < 4.78 is 0. The molecular formula is C18H18ClN3O2. The van der Waals surface area contributed by atoms with E-state index in [1.54, 1.807) is 24.5 Å². The molecule has 0 bridgehead atoms. The second-order valence-corrected chi connectivity index (χ2v) is 6.26. The van der Waals surface area contributed by atoms with Crippen LogP contribution in [-0.4, -0.2) is 23.3 Å². The molecule has 1 aliphatic rings. The lowest BCUT2D eigenvalue weighted by Gasteiger charge is -2.06. The van der Waals surface area contributed by atoms with Crippen molar-refractivity contribution in [3.8, 4) is 0 Å². The molecule has 1 heterocycles. The number of hydrogen-bond acceptors (Lipinski definition) is 3. The number of rotatable bonds is 6. The maximum Gasteiger partial charge on any atom is 0.226 e. The Balaban J connectivity index is 1.39. The first-order chi connectivity index (χ1) is 11.6. The number of amides is 2. The smallest absolute Gasteiger partial charge is 0.226 e. The van der Waals surface area contributed by atoms with E-state index in [2.05, 4.69) is 15.6 Å². The molecular weight excluding hydrogens is 326 g/mol. The largest absolute Gasteiger partial charge is 0.355 e. The van der Waals surface area contributed by atoms with E-state index >= 15 is 0 Å². The van der Waals surface area contributed by atoms with Gasteiger partial charge < -0.3 is 10.6 Å². The fourth-order valence-electron chi connectivity index (χ4n) is 2.65. The van der Waals surface area contributed by atoms with Gasteiger partial charge in [-0.1, -0.05) is 23.7 Å². The number of nitrogens with one attached hydrogen (secondary N) is 2. The first kappa shape index (κ1) is 16.5. The van der Waals surface area contributed by atoms with Gasteiger partial charge in [-0.15, -0.1) is 0 Å². The van der Waals surface area contributed by atoms with E-state index in [4.69, 9.17) is 11.6 Å². The van der Waals surface area contributed by atoms with Crippen molar-refractivity contribution < 1.29 is 9.59 Å². The zero-order chi connectivity index (χ0) is 16.9. The lowest BCUT2D eigenvalue weighted by molar-refractivity contribution is -0.122. The number of halogens is 1. The molecule has 124 valence electrons. The summed E-state index contributed by atoms with van der Waals surface area (Å²) in [6.07, 6.45) is 4.31. The third-order valence-corrected chi connectivity index (χ3v) is 4.29. The van der Waals surface area contributed by atoms with E-state index in [1.165, 1.54) is 0 Å². The molecule has 5 nitrogen and oxygen atoms in total.